The van der Waals surface area contributed by atoms with Gasteiger partial charge in [0.2, 0.25) is 5.91 Å². The molecule has 0 saturated carbocycles. The van der Waals surface area contributed by atoms with Gasteiger partial charge in [0.15, 0.2) is 5.01 Å². The van der Waals surface area contributed by atoms with Gasteiger partial charge in [-0.1, -0.05) is 24.6 Å². The molecule has 35 heavy (non-hydrogen) atoms. The number of fused-ring (bicyclic) bond motifs is 2. The van der Waals surface area contributed by atoms with Crippen LogP contribution in [-0.4, -0.2) is 65.3 Å². The standard InChI is InChI=1S/C23H27ClN6O4S/c1-12(10-26-20(32)18-13(2)27-22(35-18)21(33)25-3)19(31)28-17-16-6-5-15(24)9-14(16)11-29-7-4-8-30(29)23(17)34/h5-6,9,12,17H,4,7-8,10-11H2,1-3H3,(H,25,33)(H,26,32)(H,28,31)/t12-,17+/m1/s1/i17D. The number of halogens is 1. The zero-order valence-electron chi connectivity index (χ0n) is 20.6. The summed E-state index contributed by atoms with van der Waals surface area (Å²) in [4.78, 5) is 55.4. The Balaban J connectivity index is 1.49. The molecule has 4 rings (SSSR count). The molecular weight excluding hydrogens is 492 g/mol. The van der Waals surface area contributed by atoms with Gasteiger partial charge in [0.05, 0.1) is 13.0 Å². The minimum Gasteiger partial charge on any atom is -0.353 e. The zero-order valence-corrected chi connectivity index (χ0v) is 21.2. The average Bonchev–Trinajstić information content (AvgIpc) is 3.45. The zero-order chi connectivity index (χ0) is 26.2. The number of aromatic nitrogens is 1. The van der Waals surface area contributed by atoms with Gasteiger partial charge in [0.25, 0.3) is 17.7 Å². The Kier molecular flexibility index (Phi) is 6.98. The molecule has 1 aromatic carbocycles. The third-order valence-corrected chi connectivity index (χ3v) is 7.34. The molecule has 1 saturated heterocycles. The molecule has 0 unspecified atom stereocenters. The van der Waals surface area contributed by atoms with Crippen LogP contribution in [0.25, 0.3) is 0 Å². The smallest absolute Gasteiger partial charge is 0.280 e. The van der Waals surface area contributed by atoms with Crippen LogP contribution in [0.4, 0.5) is 0 Å². The first-order chi connectivity index (χ1) is 17.0. The SMILES string of the molecule is [2H][C@@]1(NC(=O)[C@H](C)CNC(=O)c2sc(C(=O)NC)nc2C)C(=O)N2CCCN2Cc2cc(Cl)ccc21. The molecule has 2 aliphatic heterocycles. The van der Waals surface area contributed by atoms with Crippen LogP contribution in [0.15, 0.2) is 18.2 Å². The fraction of sp³-hybridized carbons (Fsp3) is 0.435. The number of nitrogens with zero attached hydrogens (tertiary/aromatic N) is 3. The van der Waals surface area contributed by atoms with Gasteiger partial charge < -0.3 is 16.0 Å². The third kappa shape index (κ3) is 5.16. The highest BCUT2D eigenvalue weighted by atomic mass is 35.5. The summed E-state index contributed by atoms with van der Waals surface area (Å²) in [5, 5.41) is 11.8. The number of hydrazine groups is 1. The van der Waals surface area contributed by atoms with Crippen molar-refractivity contribution < 1.29 is 20.5 Å². The fourth-order valence-electron chi connectivity index (χ4n) is 4.03. The lowest BCUT2D eigenvalue weighted by atomic mass is 9.99. The largest absolute Gasteiger partial charge is 0.353 e. The average molecular weight is 520 g/mol. The second kappa shape index (κ2) is 10.3. The number of hydrogen-bond donors (Lipinski definition) is 3. The predicted octanol–water partition coefficient (Wildman–Crippen LogP) is 1.65. The Bertz CT molecular complexity index is 1240. The summed E-state index contributed by atoms with van der Waals surface area (Å²) in [5.74, 6) is -2.68. The van der Waals surface area contributed by atoms with Crippen LogP contribution < -0.4 is 16.0 Å². The van der Waals surface area contributed by atoms with Gasteiger partial charge in [-0.3, -0.25) is 24.2 Å². The minimum atomic E-state index is -2.04. The molecule has 1 aromatic heterocycles. The lowest BCUT2D eigenvalue weighted by molar-refractivity contribution is -0.148. The van der Waals surface area contributed by atoms with Gasteiger partial charge in [-0.15, -0.1) is 11.3 Å². The number of rotatable bonds is 6. The van der Waals surface area contributed by atoms with Crippen molar-refractivity contribution in [1.29, 1.82) is 0 Å². The summed E-state index contributed by atoms with van der Waals surface area (Å²) >= 11 is 7.15. The van der Waals surface area contributed by atoms with Gasteiger partial charge in [-0.2, -0.15) is 0 Å². The molecule has 4 amide bonds. The predicted molar refractivity (Wildman–Crippen MR) is 131 cm³/mol. The first-order valence-electron chi connectivity index (χ1n) is 11.7. The molecule has 3 heterocycles. The quantitative estimate of drug-likeness (QED) is 0.533. The van der Waals surface area contributed by atoms with Gasteiger partial charge in [-0.25, -0.2) is 9.99 Å². The van der Waals surface area contributed by atoms with Crippen LogP contribution in [0.5, 0.6) is 0 Å². The monoisotopic (exact) mass is 519 g/mol. The van der Waals surface area contributed by atoms with Crippen LogP contribution in [0.1, 0.15) is 57.0 Å². The van der Waals surface area contributed by atoms with Crippen molar-refractivity contribution >= 4 is 46.6 Å². The van der Waals surface area contributed by atoms with Crippen molar-refractivity contribution in [1.82, 2.24) is 31.0 Å². The van der Waals surface area contributed by atoms with Crippen LogP contribution in [-0.2, 0) is 16.1 Å². The van der Waals surface area contributed by atoms with E-state index in [2.05, 4.69) is 20.9 Å². The maximum absolute atomic E-state index is 13.5. The number of carbonyl (C=O) groups is 4. The van der Waals surface area contributed by atoms with Crippen molar-refractivity contribution in [3.63, 3.8) is 0 Å². The molecule has 10 nitrogen and oxygen atoms in total. The van der Waals surface area contributed by atoms with Crippen molar-refractivity contribution in [2.45, 2.75) is 32.8 Å². The van der Waals surface area contributed by atoms with E-state index in [0.717, 1.165) is 17.8 Å². The van der Waals surface area contributed by atoms with Crippen LogP contribution in [0.3, 0.4) is 0 Å². The Morgan fingerprint density at radius 3 is 2.83 bits per heavy atom. The Morgan fingerprint density at radius 1 is 1.31 bits per heavy atom. The Hall–Kier alpha value is -3.02. The second-order valence-electron chi connectivity index (χ2n) is 8.46. The number of benzene rings is 1. The molecule has 0 bridgehead atoms. The Morgan fingerprint density at radius 2 is 2.09 bits per heavy atom. The van der Waals surface area contributed by atoms with Gasteiger partial charge in [0, 0.05) is 38.2 Å². The summed E-state index contributed by atoms with van der Waals surface area (Å²) in [7, 11) is 1.48. The van der Waals surface area contributed by atoms with E-state index < -0.39 is 29.7 Å². The van der Waals surface area contributed by atoms with Crippen molar-refractivity contribution in [2.24, 2.45) is 5.92 Å². The molecule has 2 aliphatic rings. The number of carbonyl (C=O) groups excluding carboxylic acids is 4. The van der Waals surface area contributed by atoms with E-state index in [4.69, 9.17) is 13.0 Å². The number of amides is 4. The minimum absolute atomic E-state index is 0.0368. The van der Waals surface area contributed by atoms with E-state index in [9.17, 15) is 19.2 Å². The molecule has 2 aromatic rings. The molecule has 1 fully saturated rings. The van der Waals surface area contributed by atoms with Crippen LogP contribution >= 0.6 is 22.9 Å². The van der Waals surface area contributed by atoms with Gasteiger partial charge in [0.1, 0.15) is 10.9 Å². The second-order valence-corrected chi connectivity index (χ2v) is 9.89. The van der Waals surface area contributed by atoms with E-state index in [0.29, 0.717) is 41.5 Å². The van der Waals surface area contributed by atoms with Crippen molar-refractivity contribution in [3.8, 4) is 0 Å². The molecular formula is C23H27ClN6O4S. The number of thiazole rings is 1. The maximum atomic E-state index is 13.5. The van der Waals surface area contributed by atoms with E-state index >= 15 is 0 Å². The van der Waals surface area contributed by atoms with Crippen molar-refractivity contribution in [2.75, 3.05) is 26.7 Å². The molecule has 3 N–H and O–H groups in total. The number of aryl methyl sites for hydroxylation is 1. The topological polar surface area (TPSA) is 124 Å². The fourth-order valence-corrected chi connectivity index (χ4v) is 5.16. The summed E-state index contributed by atoms with van der Waals surface area (Å²) in [6, 6.07) is 2.89. The van der Waals surface area contributed by atoms with Crippen LogP contribution in [0, 0.1) is 12.8 Å². The highest BCUT2D eigenvalue weighted by Gasteiger charge is 2.38. The first-order valence-corrected chi connectivity index (χ1v) is 12.4. The maximum Gasteiger partial charge on any atom is 0.280 e. The third-order valence-electron chi connectivity index (χ3n) is 5.95. The summed E-state index contributed by atoms with van der Waals surface area (Å²) < 4.78 is 9.11. The van der Waals surface area contributed by atoms with Gasteiger partial charge >= 0.3 is 0 Å². The molecule has 0 aliphatic carbocycles. The summed E-state index contributed by atoms with van der Waals surface area (Å²) in [6.07, 6.45) is 0.771. The molecule has 186 valence electrons. The molecule has 12 heteroatoms. The molecule has 0 spiro atoms. The van der Waals surface area contributed by atoms with E-state index in [1.165, 1.54) is 12.1 Å². The highest BCUT2D eigenvalue weighted by Crippen LogP contribution is 2.31. The summed E-state index contributed by atoms with van der Waals surface area (Å²) in [5.41, 5.74) is 1.48. The highest BCUT2D eigenvalue weighted by molar-refractivity contribution is 7.15. The lowest BCUT2D eigenvalue weighted by Gasteiger charge is -2.28. The number of nitrogens with one attached hydrogen (secondary N) is 3. The summed E-state index contributed by atoms with van der Waals surface area (Å²) in [6.45, 7) is 4.74. The number of hydrogen-bond acceptors (Lipinski definition) is 7. The van der Waals surface area contributed by atoms with E-state index in [1.54, 1.807) is 32.0 Å². The van der Waals surface area contributed by atoms with Crippen LogP contribution in [0.2, 0.25) is 5.02 Å². The van der Waals surface area contributed by atoms with Crippen molar-refractivity contribution in [3.05, 3.63) is 49.9 Å². The lowest BCUT2D eigenvalue weighted by Crippen LogP contribution is -2.47. The Labute approximate surface area is 213 Å². The van der Waals surface area contributed by atoms with E-state index in [-0.39, 0.29) is 22.3 Å². The normalized spacial score (nSPS) is 20.9. The first kappa shape index (κ1) is 23.7. The molecule has 2 atom stereocenters. The van der Waals surface area contributed by atoms with E-state index in [1.807, 2.05) is 5.01 Å². The van der Waals surface area contributed by atoms with Gasteiger partial charge in [-0.05, 0) is 36.6 Å². The molecule has 0 radical (unpaired) electrons.